The molecule has 5 heteroatoms. The largest absolute Gasteiger partial charge is 0.352 e. The van der Waals surface area contributed by atoms with Crippen molar-refractivity contribution in [2.45, 2.75) is 13.0 Å². The van der Waals surface area contributed by atoms with Crippen LogP contribution in [-0.2, 0) is 24.8 Å². The fraction of sp³-hybridized carbons (Fsp3) is 0.125. The molecule has 29 heavy (non-hydrogen) atoms. The van der Waals surface area contributed by atoms with E-state index in [0.717, 1.165) is 27.9 Å². The van der Waals surface area contributed by atoms with Crippen LogP contribution in [0.3, 0.4) is 0 Å². The van der Waals surface area contributed by atoms with E-state index in [2.05, 4.69) is 39.7 Å². The standard InChI is InChI=1S/C24H22N4O/c1-28-17-22(16-27-28)23-12-9-19(14-25-23)15-26-24(29)13-18-7-10-21(11-8-18)20-5-3-2-4-6-20/h2-12,14,16-17H,13,15H2,1H3,(H,26,29). The highest BCUT2D eigenvalue weighted by Gasteiger charge is 2.06. The number of hydrogen-bond acceptors (Lipinski definition) is 3. The van der Waals surface area contributed by atoms with Gasteiger partial charge in [0.15, 0.2) is 0 Å². The molecule has 0 radical (unpaired) electrons. The Hall–Kier alpha value is -3.73. The lowest BCUT2D eigenvalue weighted by Gasteiger charge is -2.07. The van der Waals surface area contributed by atoms with Gasteiger partial charge in [-0.1, -0.05) is 60.7 Å². The van der Waals surface area contributed by atoms with E-state index in [9.17, 15) is 4.79 Å². The zero-order chi connectivity index (χ0) is 20.1. The molecule has 144 valence electrons. The summed E-state index contributed by atoms with van der Waals surface area (Å²) in [5.41, 5.74) is 6.12. The maximum atomic E-state index is 12.3. The molecule has 4 aromatic rings. The molecular formula is C24H22N4O. The molecule has 0 atom stereocenters. The second-order valence-electron chi connectivity index (χ2n) is 6.97. The Labute approximate surface area is 170 Å². The lowest BCUT2D eigenvalue weighted by atomic mass is 10.0. The minimum atomic E-state index is -0.00574. The van der Waals surface area contributed by atoms with E-state index in [0.29, 0.717) is 13.0 Å². The van der Waals surface area contributed by atoms with Gasteiger partial charge in [0.1, 0.15) is 0 Å². The quantitative estimate of drug-likeness (QED) is 0.548. The van der Waals surface area contributed by atoms with Crippen molar-refractivity contribution in [2.24, 2.45) is 7.05 Å². The predicted molar refractivity (Wildman–Crippen MR) is 114 cm³/mol. The van der Waals surface area contributed by atoms with Crippen molar-refractivity contribution in [3.63, 3.8) is 0 Å². The van der Waals surface area contributed by atoms with Gasteiger partial charge in [-0.05, 0) is 28.3 Å². The van der Waals surface area contributed by atoms with E-state index in [1.54, 1.807) is 17.1 Å². The molecule has 0 aliphatic rings. The van der Waals surface area contributed by atoms with Gasteiger partial charge in [-0.2, -0.15) is 5.10 Å². The highest BCUT2D eigenvalue weighted by atomic mass is 16.1. The minimum absolute atomic E-state index is 0.00574. The van der Waals surface area contributed by atoms with Crippen molar-refractivity contribution >= 4 is 5.91 Å². The summed E-state index contributed by atoms with van der Waals surface area (Å²) in [6.07, 6.45) is 5.85. The molecule has 0 unspecified atom stereocenters. The molecule has 2 aromatic heterocycles. The van der Waals surface area contributed by atoms with E-state index in [-0.39, 0.29) is 5.91 Å². The first kappa shape index (κ1) is 18.6. The van der Waals surface area contributed by atoms with Crippen molar-refractivity contribution in [1.29, 1.82) is 0 Å². The maximum absolute atomic E-state index is 12.3. The van der Waals surface area contributed by atoms with Crippen LogP contribution in [0, 0.1) is 0 Å². The van der Waals surface area contributed by atoms with Crippen LogP contribution in [0.5, 0.6) is 0 Å². The molecule has 5 nitrogen and oxygen atoms in total. The molecule has 0 bridgehead atoms. The highest BCUT2D eigenvalue weighted by Crippen LogP contribution is 2.19. The molecule has 0 saturated heterocycles. The van der Waals surface area contributed by atoms with E-state index in [1.807, 2.05) is 55.7 Å². The van der Waals surface area contributed by atoms with E-state index >= 15 is 0 Å². The van der Waals surface area contributed by atoms with Crippen LogP contribution < -0.4 is 5.32 Å². The Kier molecular flexibility index (Phi) is 5.47. The third-order valence-electron chi connectivity index (χ3n) is 4.74. The van der Waals surface area contributed by atoms with Gasteiger partial charge in [0.2, 0.25) is 5.91 Å². The zero-order valence-electron chi connectivity index (χ0n) is 16.2. The number of hydrogen-bond donors (Lipinski definition) is 1. The Balaban J connectivity index is 1.31. The Morgan fingerprint density at radius 1 is 0.862 bits per heavy atom. The summed E-state index contributed by atoms with van der Waals surface area (Å²) in [7, 11) is 1.88. The smallest absolute Gasteiger partial charge is 0.224 e. The number of amides is 1. The van der Waals surface area contributed by atoms with Crippen molar-refractivity contribution in [1.82, 2.24) is 20.1 Å². The lowest BCUT2D eigenvalue weighted by Crippen LogP contribution is -2.24. The summed E-state index contributed by atoms with van der Waals surface area (Å²) in [6, 6.07) is 22.2. The number of aryl methyl sites for hydroxylation is 1. The summed E-state index contributed by atoms with van der Waals surface area (Å²) in [5, 5.41) is 7.12. The Morgan fingerprint density at radius 3 is 2.24 bits per heavy atom. The van der Waals surface area contributed by atoms with Crippen molar-refractivity contribution in [3.8, 4) is 22.4 Å². The van der Waals surface area contributed by atoms with Gasteiger partial charge in [0.25, 0.3) is 0 Å². The van der Waals surface area contributed by atoms with Crippen LogP contribution in [0.1, 0.15) is 11.1 Å². The van der Waals surface area contributed by atoms with E-state index < -0.39 is 0 Å². The number of carbonyl (C=O) groups is 1. The van der Waals surface area contributed by atoms with E-state index in [1.165, 1.54) is 5.56 Å². The van der Waals surface area contributed by atoms with E-state index in [4.69, 9.17) is 0 Å². The van der Waals surface area contributed by atoms with Crippen LogP contribution in [-0.4, -0.2) is 20.7 Å². The molecule has 2 aromatic carbocycles. The van der Waals surface area contributed by atoms with Gasteiger partial charge in [0, 0.05) is 31.5 Å². The van der Waals surface area contributed by atoms with Crippen molar-refractivity contribution in [3.05, 3.63) is 96.4 Å². The van der Waals surface area contributed by atoms with Gasteiger partial charge >= 0.3 is 0 Å². The number of benzene rings is 2. The molecule has 2 heterocycles. The van der Waals surface area contributed by atoms with Crippen LogP contribution >= 0.6 is 0 Å². The van der Waals surface area contributed by atoms with Crippen LogP contribution in [0.15, 0.2) is 85.3 Å². The summed E-state index contributed by atoms with van der Waals surface area (Å²) in [6.45, 7) is 0.460. The van der Waals surface area contributed by atoms with Crippen molar-refractivity contribution in [2.75, 3.05) is 0 Å². The van der Waals surface area contributed by atoms with Gasteiger partial charge < -0.3 is 5.32 Å². The number of aromatic nitrogens is 3. The first-order valence-electron chi connectivity index (χ1n) is 9.52. The monoisotopic (exact) mass is 382 g/mol. The molecule has 0 fully saturated rings. The fourth-order valence-corrected chi connectivity index (χ4v) is 3.15. The molecule has 4 rings (SSSR count). The molecule has 0 saturated carbocycles. The molecule has 0 spiro atoms. The first-order chi connectivity index (χ1) is 14.2. The van der Waals surface area contributed by atoms with Crippen LogP contribution in [0.2, 0.25) is 0 Å². The topological polar surface area (TPSA) is 59.8 Å². The minimum Gasteiger partial charge on any atom is -0.352 e. The molecule has 1 N–H and O–H groups in total. The normalized spacial score (nSPS) is 10.7. The molecule has 1 amide bonds. The van der Waals surface area contributed by atoms with Gasteiger partial charge in [0.05, 0.1) is 18.3 Å². The van der Waals surface area contributed by atoms with Crippen molar-refractivity contribution < 1.29 is 4.79 Å². The number of nitrogens with one attached hydrogen (secondary N) is 1. The SMILES string of the molecule is Cn1cc(-c2ccc(CNC(=O)Cc3ccc(-c4ccccc4)cc3)cn2)cn1. The number of carbonyl (C=O) groups excluding carboxylic acids is 1. The Morgan fingerprint density at radius 2 is 1.59 bits per heavy atom. The predicted octanol–water partition coefficient (Wildman–Crippen LogP) is 4.01. The van der Waals surface area contributed by atoms with Crippen LogP contribution in [0.25, 0.3) is 22.4 Å². The lowest BCUT2D eigenvalue weighted by molar-refractivity contribution is -0.120. The second kappa shape index (κ2) is 8.52. The van der Waals surface area contributed by atoms with Gasteiger partial charge in [-0.25, -0.2) is 0 Å². The summed E-state index contributed by atoms with van der Waals surface area (Å²) < 4.78 is 1.75. The molecular weight excluding hydrogens is 360 g/mol. The zero-order valence-corrected chi connectivity index (χ0v) is 16.2. The fourth-order valence-electron chi connectivity index (χ4n) is 3.15. The number of pyridine rings is 1. The molecule has 0 aliphatic carbocycles. The summed E-state index contributed by atoms with van der Waals surface area (Å²) in [4.78, 5) is 16.7. The average molecular weight is 382 g/mol. The number of nitrogens with zero attached hydrogens (tertiary/aromatic N) is 3. The maximum Gasteiger partial charge on any atom is 0.224 e. The third-order valence-corrected chi connectivity index (χ3v) is 4.74. The third kappa shape index (κ3) is 4.76. The Bertz CT molecular complexity index is 1080. The average Bonchev–Trinajstić information content (AvgIpc) is 3.20. The van der Waals surface area contributed by atoms with Gasteiger partial charge in [-0.15, -0.1) is 0 Å². The highest BCUT2D eigenvalue weighted by molar-refractivity contribution is 5.78. The number of rotatable bonds is 6. The summed E-state index contributed by atoms with van der Waals surface area (Å²) in [5.74, 6) is -0.00574. The molecule has 0 aliphatic heterocycles. The second-order valence-corrected chi connectivity index (χ2v) is 6.97. The first-order valence-corrected chi connectivity index (χ1v) is 9.52. The van der Waals surface area contributed by atoms with Gasteiger partial charge in [-0.3, -0.25) is 14.5 Å². The van der Waals surface area contributed by atoms with Crippen LogP contribution in [0.4, 0.5) is 0 Å². The summed E-state index contributed by atoms with van der Waals surface area (Å²) >= 11 is 0.